The molecule has 3 rings (SSSR count). The van der Waals surface area contributed by atoms with Crippen molar-refractivity contribution in [2.45, 2.75) is 33.6 Å². The Kier molecular flexibility index (Phi) is 2.38. The van der Waals surface area contributed by atoms with Crippen LogP contribution in [0.5, 0.6) is 0 Å². The minimum atomic E-state index is 0.213. The third-order valence-corrected chi connectivity index (χ3v) is 4.61. The second-order valence-electron chi connectivity index (χ2n) is 6.04. The van der Waals surface area contributed by atoms with Crippen molar-refractivity contribution in [2.24, 2.45) is 5.41 Å². The summed E-state index contributed by atoms with van der Waals surface area (Å²) in [5, 5.41) is 0. The molecule has 0 amide bonds. The maximum Gasteiger partial charge on any atom is 0.0278 e. The first kappa shape index (κ1) is 11.5. The van der Waals surface area contributed by atoms with Crippen molar-refractivity contribution in [2.75, 3.05) is 0 Å². The van der Waals surface area contributed by atoms with Crippen molar-refractivity contribution in [3.05, 3.63) is 64.3 Å². The lowest BCUT2D eigenvalue weighted by Crippen LogP contribution is -2.05. The second-order valence-corrected chi connectivity index (χ2v) is 6.04. The summed E-state index contributed by atoms with van der Waals surface area (Å²) >= 11 is 0. The summed E-state index contributed by atoms with van der Waals surface area (Å²) in [7, 11) is 0. The van der Waals surface area contributed by atoms with Crippen LogP contribution in [0.3, 0.4) is 0 Å². The lowest BCUT2D eigenvalue weighted by atomic mass is 9.87. The third-order valence-electron chi connectivity index (χ3n) is 4.61. The van der Waals surface area contributed by atoms with Crippen molar-refractivity contribution in [3.63, 3.8) is 0 Å². The topological polar surface area (TPSA) is 0 Å². The van der Waals surface area contributed by atoms with Crippen LogP contribution in [-0.2, 0) is 0 Å². The van der Waals surface area contributed by atoms with Crippen LogP contribution < -0.4 is 0 Å². The van der Waals surface area contributed by atoms with Crippen LogP contribution in [0.1, 0.15) is 44.7 Å². The molecule has 0 heterocycles. The van der Waals surface area contributed by atoms with Gasteiger partial charge in [0.15, 0.2) is 0 Å². The van der Waals surface area contributed by atoms with Crippen molar-refractivity contribution in [3.8, 4) is 0 Å². The van der Waals surface area contributed by atoms with Gasteiger partial charge in [0.2, 0.25) is 0 Å². The van der Waals surface area contributed by atoms with Crippen molar-refractivity contribution < 1.29 is 0 Å². The molecular formula is C18H20. The molecule has 0 N–H and O–H groups in total. The molecule has 0 aromatic heterocycles. The Morgan fingerprint density at radius 3 is 2.44 bits per heavy atom. The molecule has 18 heavy (non-hydrogen) atoms. The average molecular weight is 236 g/mol. The highest BCUT2D eigenvalue weighted by Crippen LogP contribution is 2.47. The predicted molar refractivity (Wildman–Crippen MR) is 78.5 cm³/mol. The van der Waals surface area contributed by atoms with Gasteiger partial charge in [-0.05, 0) is 36.1 Å². The number of benzene rings is 1. The first-order valence-corrected chi connectivity index (χ1v) is 6.69. The Bertz CT molecular complexity index is 594. The molecule has 0 bridgehead atoms. The van der Waals surface area contributed by atoms with Crippen LogP contribution >= 0.6 is 0 Å². The van der Waals surface area contributed by atoms with Crippen LogP contribution in [-0.4, -0.2) is 0 Å². The Balaban J connectivity index is 2.08. The first-order valence-electron chi connectivity index (χ1n) is 6.69. The molecule has 0 spiro atoms. The lowest BCUT2D eigenvalue weighted by Gasteiger charge is -2.17. The van der Waals surface area contributed by atoms with E-state index in [4.69, 9.17) is 0 Å². The van der Waals surface area contributed by atoms with E-state index in [1.807, 2.05) is 0 Å². The van der Waals surface area contributed by atoms with E-state index < -0.39 is 0 Å². The zero-order chi connectivity index (χ0) is 12.9. The summed E-state index contributed by atoms with van der Waals surface area (Å²) in [5.41, 5.74) is 7.53. The van der Waals surface area contributed by atoms with E-state index in [9.17, 15) is 0 Å². The van der Waals surface area contributed by atoms with Crippen molar-refractivity contribution >= 4 is 6.08 Å². The molecule has 1 unspecified atom stereocenters. The SMILES string of the molecule is CC1=C(C)C(C)(C)C=C1C1C=Cc2ccccc21. The van der Waals surface area contributed by atoms with Crippen molar-refractivity contribution in [1.82, 2.24) is 0 Å². The molecular weight excluding hydrogens is 216 g/mol. The van der Waals surface area contributed by atoms with Gasteiger partial charge in [0.1, 0.15) is 0 Å². The highest BCUT2D eigenvalue weighted by molar-refractivity contribution is 5.67. The Morgan fingerprint density at radius 1 is 1.06 bits per heavy atom. The largest absolute Gasteiger partial charge is 0.0720 e. The number of allylic oxidation sites excluding steroid dienone is 5. The number of fused-ring (bicyclic) bond motifs is 1. The highest BCUT2D eigenvalue weighted by Gasteiger charge is 2.32. The van der Waals surface area contributed by atoms with E-state index in [2.05, 4.69) is 70.2 Å². The highest BCUT2D eigenvalue weighted by atomic mass is 14.4. The monoisotopic (exact) mass is 236 g/mol. The minimum absolute atomic E-state index is 0.213. The summed E-state index contributed by atoms with van der Waals surface area (Å²) in [6.45, 7) is 9.15. The van der Waals surface area contributed by atoms with E-state index in [1.165, 1.54) is 27.8 Å². The summed E-state index contributed by atoms with van der Waals surface area (Å²) in [5.74, 6) is 0.456. The molecule has 0 saturated carbocycles. The fraction of sp³-hybridized carbons (Fsp3) is 0.333. The average Bonchev–Trinajstić information content (AvgIpc) is 2.85. The van der Waals surface area contributed by atoms with Gasteiger partial charge in [0.05, 0.1) is 0 Å². The van der Waals surface area contributed by atoms with Crippen LogP contribution in [0.2, 0.25) is 0 Å². The summed E-state index contributed by atoms with van der Waals surface area (Å²) in [6, 6.07) is 8.73. The van der Waals surface area contributed by atoms with Gasteiger partial charge in [-0.15, -0.1) is 0 Å². The van der Waals surface area contributed by atoms with Gasteiger partial charge < -0.3 is 0 Å². The fourth-order valence-electron chi connectivity index (χ4n) is 3.15. The lowest BCUT2D eigenvalue weighted by molar-refractivity contribution is 0.587. The summed E-state index contributed by atoms with van der Waals surface area (Å²) in [6.07, 6.45) is 7.05. The number of hydrogen-bond acceptors (Lipinski definition) is 0. The third kappa shape index (κ3) is 1.52. The van der Waals surface area contributed by atoms with E-state index in [0.717, 1.165) is 0 Å². The van der Waals surface area contributed by atoms with Crippen LogP contribution in [0.4, 0.5) is 0 Å². The van der Waals surface area contributed by atoms with E-state index in [0.29, 0.717) is 5.92 Å². The minimum Gasteiger partial charge on any atom is -0.0720 e. The Hall–Kier alpha value is -1.56. The summed E-state index contributed by atoms with van der Waals surface area (Å²) < 4.78 is 0. The van der Waals surface area contributed by atoms with Crippen molar-refractivity contribution in [1.29, 1.82) is 0 Å². The number of hydrogen-bond donors (Lipinski definition) is 0. The summed E-state index contributed by atoms with van der Waals surface area (Å²) in [4.78, 5) is 0. The normalized spacial score (nSPS) is 24.4. The molecule has 2 aliphatic carbocycles. The molecule has 0 radical (unpaired) electrons. The standard InChI is InChI=1S/C18H20/c1-12-13(2)18(3,4)11-17(12)16-10-9-14-7-5-6-8-15(14)16/h5-11,16H,1-4H3. The fourth-order valence-corrected chi connectivity index (χ4v) is 3.15. The molecule has 0 aliphatic heterocycles. The van der Waals surface area contributed by atoms with Crippen LogP contribution in [0.15, 0.2) is 53.1 Å². The smallest absolute Gasteiger partial charge is 0.0278 e. The van der Waals surface area contributed by atoms with Gasteiger partial charge in [0.25, 0.3) is 0 Å². The van der Waals surface area contributed by atoms with E-state index in [1.54, 1.807) is 0 Å². The maximum atomic E-state index is 2.45. The maximum absolute atomic E-state index is 2.45. The quantitative estimate of drug-likeness (QED) is 0.636. The predicted octanol–water partition coefficient (Wildman–Crippen LogP) is 5.10. The van der Waals surface area contributed by atoms with Gasteiger partial charge in [-0.25, -0.2) is 0 Å². The molecule has 1 aromatic carbocycles. The Labute approximate surface area is 110 Å². The van der Waals surface area contributed by atoms with Crippen LogP contribution in [0.25, 0.3) is 6.08 Å². The molecule has 92 valence electrons. The van der Waals surface area contributed by atoms with Gasteiger partial charge in [0, 0.05) is 11.3 Å². The van der Waals surface area contributed by atoms with Gasteiger partial charge in [-0.2, -0.15) is 0 Å². The van der Waals surface area contributed by atoms with Gasteiger partial charge in [-0.3, -0.25) is 0 Å². The molecule has 1 atom stereocenters. The molecule has 2 aliphatic rings. The first-order chi connectivity index (χ1) is 8.50. The Morgan fingerprint density at radius 2 is 1.78 bits per heavy atom. The second kappa shape index (κ2) is 3.71. The zero-order valence-electron chi connectivity index (χ0n) is 11.6. The molecule has 0 heteroatoms. The van der Waals surface area contributed by atoms with E-state index >= 15 is 0 Å². The molecule has 1 aromatic rings. The van der Waals surface area contributed by atoms with E-state index in [-0.39, 0.29) is 5.41 Å². The van der Waals surface area contributed by atoms with Crippen LogP contribution in [0, 0.1) is 5.41 Å². The zero-order valence-corrected chi connectivity index (χ0v) is 11.6. The molecule has 0 saturated heterocycles. The molecule has 0 fully saturated rings. The van der Waals surface area contributed by atoms with Gasteiger partial charge in [-0.1, -0.05) is 61.9 Å². The molecule has 0 nitrogen and oxygen atoms in total. The number of rotatable bonds is 1. The van der Waals surface area contributed by atoms with Gasteiger partial charge >= 0.3 is 0 Å².